The van der Waals surface area contributed by atoms with Crippen molar-refractivity contribution in [3.05, 3.63) is 82.8 Å². The quantitative estimate of drug-likeness (QED) is 0.341. The van der Waals surface area contributed by atoms with Crippen LogP contribution >= 0.6 is 23.2 Å². The molecule has 0 N–H and O–H groups in total. The van der Waals surface area contributed by atoms with E-state index in [-0.39, 0.29) is 0 Å². The lowest BCUT2D eigenvalue weighted by atomic mass is 10.1. The smallest absolute Gasteiger partial charge is 0.186 e. The summed E-state index contributed by atoms with van der Waals surface area (Å²) < 4.78 is 1.82. The van der Waals surface area contributed by atoms with Gasteiger partial charge in [0.25, 0.3) is 0 Å². The minimum absolute atomic E-state index is 0.659. The monoisotopic (exact) mass is 474 g/mol. The number of benzene rings is 3. The Morgan fingerprint density at radius 1 is 0.727 bits per heavy atom. The molecule has 164 valence electrons. The lowest BCUT2D eigenvalue weighted by Crippen LogP contribution is -2.47. The van der Waals surface area contributed by atoms with Crippen LogP contribution in [0.25, 0.3) is 27.8 Å². The molecule has 1 fully saturated rings. The van der Waals surface area contributed by atoms with Gasteiger partial charge in [-0.15, -0.1) is 5.10 Å². The van der Waals surface area contributed by atoms with Gasteiger partial charge in [0.05, 0.1) is 5.52 Å². The molecule has 8 heteroatoms. The summed E-state index contributed by atoms with van der Waals surface area (Å²) in [4.78, 5) is 9.79. The van der Waals surface area contributed by atoms with Crippen molar-refractivity contribution in [1.82, 2.24) is 19.8 Å². The average molecular weight is 475 g/mol. The molecule has 0 atom stereocenters. The van der Waals surface area contributed by atoms with Crippen molar-refractivity contribution in [2.45, 2.75) is 0 Å². The number of nitrogens with zero attached hydrogens (tertiary/aromatic N) is 6. The molecule has 2 aromatic heterocycles. The van der Waals surface area contributed by atoms with Crippen LogP contribution in [0.2, 0.25) is 10.0 Å². The lowest BCUT2D eigenvalue weighted by molar-refractivity contribution is 0.649. The summed E-state index contributed by atoms with van der Waals surface area (Å²) in [6.45, 7) is 3.49. The number of fused-ring (bicyclic) bond motifs is 3. The molecule has 0 radical (unpaired) electrons. The van der Waals surface area contributed by atoms with E-state index in [1.807, 2.05) is 59.1 Å². The second-order valence-corrected chi connectivity index (χ2v) is 8.96. The maximum Gasteiger partial charge on any atom is 0.186 e. The number of aromatic nitrogens is 4. The van der Waals surface area contributed by atoms with Crippen molar-refractivity contribution in [3.63, 3.8) is 0 Å². The molecule has 6 rings (SSSR count). The maximum atomic E-state index is 6.24. The number of para-hydroxylation sites is 1. The normalized spacial score (nSPS) is 14.4. The van der Waals surface area contributed by atoms with E-state index in [0.29, 0.717) is 5.02 Å². The Kier molecular flexibility index (Phi) is 5.04. The number of hydrogen-bond donors (Lipinski definition) is 0. The molecule has 0 bridgehead atoms. The van der Waals surface area contributed by atoms with Gasteiger partial charge in [-0.3, -0.25) is 0 Å². The Morgan fingerprint density at radius 3 is 2.24 bits per heavy atom. The van der Waals surface area contributed by atoms with Crippen LogP contribution in [0.1, 0.15) is 0 Å². The van der Waals surface area contributed by atoms with E-state index < -0.39 is 0 Å². The molecule has 0 amide bonds. The first-order valence-electron chi connectivity index (χ1n) is 10.8. The fourth-order valence-corrected chi connectivity index (χ4v) is 4.84. The third-order valence-corrected chi connectivity index (χ3v) is 6.55. The number of piperazine rings is 1. The first-order chi connectivity index (χ1) is 16.2. The zero-order valence-electron chi connectivity index (χ0n) is 17.7. The van der Waals surface area contributed by atoms with Crippen LogP contribution in [-0.2, 0) is 0 Å². The number of hydrogen-bond acceptors (Lipinski definition) is 5. The molecule has 1 aliphatic rings. The zero-order chi connectivity index (χ0) is 22.4. The number of anilines is 2. The largest absolute Gasteiger partial charge is 0.368 e. The highest BCUT2D eigenvalue weighted by atomic mass is 35.5. The summed E-state index contributed by atoms with van der Waals surface area (Å²) in [6, 6.07) is 23.9. The molecule has 33 heavy (non-hydrogen) atoms. The third-order valence-electron chi connectivity index (χ3n) is 6.08. The van der Waals surface area contributed by atoms with Crippen LogP contribution in [0.15, 0.2) is 72.8 Å². The first kappa shape index (κ1) is 20.3. The van der Waals surface area contributed by atoms with Crippen LogP contribution in [-0.4, -0.2) is 46.0 Å². The van der Waals surface area contributed by atoms with Crippen molar-refractivity contribution in [2.24, 2.45) is 0 Å². The summed E-state index contributed by atoms with van der Waals surface area (Å²) in [5.74, 6) is 0.953. The molecular weight excluding hydrogens is 455 g/mol. The van der Waals surface area contributed by atoms with Gasteiger partial charge >= 0.3 is 0 Å². The van der Waals surface area contributed by atoms with Gasteiger partial charge in [-0.1, -0.05) is 58.7 Å². The highest BCUT2D eigenvalue weighted by Crippen LogP contribution is 2.31. The SMILES string of the molecule is Clc1cccc(-c2nnn3c2nc(N2CCN(c4cccc(Cl)c4)CC2)c2ccccc23)c1. The predicted octanol–water partition coefficient (Wildman–Crippen LogP) is 5.58. The second kappa shape index (κ2) is 8.21. The Labute approximate surface area is 201 Å². The minimum atomic E-state index is 0.659. The topological polar surface area (TPSA) is 49.6 Å². The van der Waals surface area contributed by atoms with Crippen molar-refractivity contribution in [3.8, 4) is 11.3 Å². The molecule has 0 spiro atoms. The second-order valence-electron chi connectivity index (χ2n) is 8.09. The number of halogens is 2. The Morgan fingerprint density at radius 2 is 1.45 bits per heavy atom. The number of rotatable bonds is 3. The minimum Gasteiger partial charge on any atom is -0.368 e. The Bertz CT molecular complexity index is 1470. The van der Waals surface area contributed by atoms with Gasteiger partial charge in [0.1, 0.15) is 11.5 Å². The molecule has 3 aromatic carbocycles. The Hall–Kier alpha value is -3.35. The van der Waals surface area contributed by atoms with E-state index in [2.05, 4.69) is 38.3 Å². The van der Waals surface area contributed by atoms with E-state index in [1.165, 1.54) is 0 Å². The van der Waals surface area contributed by atoms with E-state index >= 15 is 0 Å². The van der Waals surface area contributed by atoms with Gasteiger partial charge in [-0.25, -0.2) is 4.98 Å². The zero-order valence-corrected chi connectivity index (χ0v) is 19.2. The summed E-state index contributed by atoms with van der Waals surface area (Å²) in [5.41, 5.74) is 4.48. The van der Waals surface area contributed by atoms with Crippen LogP contribution < -0.4 is 9.80 Å². The average Bonchev–Trinajstić information content (AvgIpc) is 3.28. The van der Waals surface area contributed by atoms with Gasteiger partial charge in [-0.05, 0) is 42.5 Å². The van der Waals surface area contributed by atoms with Crippen molar-refractivity contribution in [2.75, 3.05) is 36.0 Å². The van der Waals surface area contributed by atoms with Crippen molar-refractivity contribution in [1.29, 1.82) is 0 Å². The maximum absolute atomic E-state index is 6.24. The van der Waals surface area contributed by atoms with Gasteiger partial charge < -0.3 is 9.80 Å². The lowest BCUT2D eigenvalue weighted by Gasteiger charge is -2.37. The molecule has 0 aliphatic carbocycles. The molecular formula is C25H20Cl2N6. The molecule has 0 unspecified atom stereocenters. The molecule has 6 nitrogen and oxygen atoms in total. The molecule has 1 saturated heterocycles. The van der Waals surface area contributed by atoms with Crippen molar-refractivity contribution < 1.29 is 0 Å². The summed E-state index contributed by atoms with van der Waals surface area (Å²) in [5, 5.41) is 11.4. The fourth-order valence-electron chi connectivity index (χ4n) is 4.46. The van der Waals surface area contributed by atoms with Crippen LogP contribution in [0, 0.1) is 0 Å². The van der Waals surface area contributed by atoms with Gasteiger partial charge in [0, 0.05) is 52.9 Å². The van der Waals surface area contributed by atoms with E-state index in [0.717, 1.165) is 70.5 Å². The summed E-state index contributed by atoms with van der Waals surface area (Å²) >= 11 is 12.4. The van der Waals surface area contributed by atoms with Crippen LogP contribution in [0.3, 0.4) is 0 Å². The Balaban J connectivity index is 1.41. The highest BCUT2D eigenvalue weighted by Gasteiger charge is 2.23. The molecule has 3 heterocycles. The highest BCUT2D eigenvalue weighted by molar-refractivity contribution is 6.31. The van der Waals surface area contributed by atoms with Crippen LogP contribution in [0.5, 0.6) is 0 Å². The van der Waals surface area contributed by atoms with Crippen molar-refractivity contribution >= 4 is 51.3 Å². The predicted molar refractivity (Wildman–Crippen MR) is 135 cm³/mol. The van der Waals surface area contributed by atoms with Crippen LogP contribution in [0.4, 0.5) is 11.5 Å². The first-order valence-corrected chi connectivity index (χ1v) is 11.6. The fraction of sp³-hybridized carbons (Fsp3) is 0.160. The van der Waals surface area contributed by atoms with E-state index in [9.17, 15) is 0 Å². The van der Waals surface area contributed by atoms with E-state index in [4.69, 9.17) is 28.2 Å². The summed E-state index contributed by atoms with van der Waals surface area (Å²) in [7, 11) is 0. The third kappa shape index (κ3) is 3.65. The standard InChI is InChI=1S/C25H20Cl2N6/c26-18-6-3-5-17(15-18)23-25-28-24(21-9-1-2-10-22(21)33(25)30-29-23)32-13-11-31(12-14-32)20-8-4-7-19(27)16-20/h1-10,15-16H,11-14H2. The van der Waals surface area contributed by atoms with E-state index in [1.54, 1.807) is 0 Å². The van der Waals surface area contributed by atoms with Gasteiger partial charge in [-0.2, -0.15) is 4.52 Å². The molecule has 0 saturated carbocycles. The molecule has 1 aliphatic heterocycles. The summed E-state index contributed by atoms with van der Waals surface area (Å²) in [6.07, 6.45) is 0. The van der Waals surface area contributed by atoms with Gasteiger partial charge in [0.2, 0.25) is 0 Å². The van der Waals surface area contributed by atoms with Gasteiger partial charge in [0.15, 0.2) is 5.65 Å². The molecule has 5 aromatic rings.